The Morgan fingerprint density at radius 1 is 1.17 bits per heavy atom. The molecule has 0 bridgehead atoms. The highest BCUT2D eigenvalue weighted by atomic mass is 32.2. The third kappa shape index (κ3) is 4.49. The third-order valence-electron chi connectivity index (χ3n) is 3.95. The van der Waals surface area contributed by atoms with Gasteiger partial charge in [-0.25, -0.2) is 12.8 Å². The molecule has 0 aliphatic carbocycles. The second-order valence-electron chi connectivity index (χ2n) is 5.75. The van der Waals surface area contributed by atoms with Crippen LogP contribution in [0.5, 0.6) is 0 Å². The number of halogens is 1. The molecule has 1 amide bonds. The molecule has 128 valence electrons. The number of rotatable bonds is 4. The second kappa shape index (κ2) is 7.37. The van der Waals surface area contributed by atoms with Gasteiger partial charge >= 0.3 is 0 Å². The Hall–Kier alpha value is -1.51. The van der Waals surface area contributed by atoms with Gasteiger partial charge in [0.25, 0.3) is 0 Å². The highest BCUT2D eigenvalue weighted by molar-refractivity contribution is 7.89. The van der Waals surface area contributed by atoms with Gasteiger partial charge in [0, 0.05) is 26.7 Å². The Labute approximate surface area is 136 Å². The molecule has 8 heteroatoms. The van der Waals surface area contributed by atoms with Gasteiger partial charge in [0.05, 0.1) is 11.4 Å². The van der Waals surface area contributed by atoms with Crippen LogP contribution in [-0.2, 0) is 14.8 Å². The molecule has 0 spiro atoms. The summed E-state index contributed by atoms with van der Waals surface area (Å²) in [5, 5.41) is 0. The molecule has 1 fully saturated rings. The van der Waals surface area contributed by atoms with Crippen molar-refractivity contribution in [1.82, 2.24) is 14.1 Å². The number of hydrogen-bond acceptors (Lipinski definition) is 4. The molecule has 1 aliphatic rings. The minimum absolute atomic E-state index is 0.0233. The number of benzene rings is 1. The van der Waals surface area contributed by atoms with Gasteiger partial charge in [-0.15, -0.1) is 0 Å². The molecule has 2 rings (SSSR count). The molecule has 1 aromatic rings. The standard InChI is InChI=1S/C15H22FN3O3S/c1-17-8-3-9-19(11-10-17)15(20)12-18(2)23(21,22)14-6-4-13(16)5-7-14/h4-7H,3,8-12H2,1-2H3. The largest absolute Gasteiger partial charge is 0.340 e. The van der Waals surface area contributed by atoms with E-state index in [0.29, 0.717) is 13.1 Å². The Bertz CT molecular complexity index is 648. The average molecular weight is 343 g/mol. The molecular formula is C15H22FN3O3S. The van der Waals surface area contributed by atoms with Gasteiger partial charge in [0.15, 0.2) is 0 Å². The smallest absolute Gasteiger partial charge is 0.243 e. The average Bonchev–Trinajstić information content (AvgIpc) is 2.72. The van der Waals surface area contributed by atoms with Crippen molar-refractivity contribution in [3.8, 4) is 0 Å². The van der Waals surface area contributed by atoms with Crippen LogP contribution in [0.4, 0.5) is 4.39 Å². The van der Waals surface area contributed by atoms with Crippen LogP contribution in [0.3, 0.4) is 0 Å². The number of sulfonamides is 1. The first kappa shape index (κ1) is 17.8. The fourth-order valence-electron chi connectivity index (χ4n) is 2.46. The Morgan fingerprint density at radius 2 is 1.83 bits per heavy atom. The summed E-state index contributed by atoms with van der Waals surface area (Å²) in [6, 6.07) is 4.58. The van der Waals surface area contributed by atoms with Crippen molar-refractivity contribution < 1.29 is 17.6 Å². The van der Waals surface area contributed by atoms with E-state index in [1.54, 1.807) is 4.90 Å². The predicted molar refractivity (Wildman–Crippen MR) is 84.9 cm³/mol. The van der Waals surface area contributed by atoms with E-state index < -0.39 is 15.8 Å². The Kier molecular flexibility index (Phi) is 5.72. The van der Waals surface area contributed by atoms with E-state index in [4.69, 9.17) is 0 Å². The topological polar surface area (TPSA) is 60.9 Å². The molecule has 0 aromatic heterocycles. The molecule has 0 unspecified atom stereocenters. The van der Waals surface area contributed by atoms with Crippen LogP contribution >= 0.6 is 0 Å². The van der Waals surface area contributed by atoms with Gasteiger partial charge in [0.1, 0.15) is 5.82 Å². The van der Waals surface area contributed by atoms with Crippen LogP contribution in [0, 0.1) is 5.82 Å². The van der Waals surface area contributed by atoms with Crippen LogP contribution in [0.25, 0.3) is 0 Å². The molecule has 0 N–H and O–H groups in total. The molecule has 6 nitrogen and oxygen atoms in total. The van der Waals surface area contributed by atoms with Crippen molar-refractivity contribution in [3.63, 3.8) is 0 Å². The highest BCUT2D eigenvalue weighted by Gasteiger charge is 2.26. The molecule has 0 atom stereocenters. The van der Waals surface area contributed by atoms with E-state index in [9.17, 15) is 17.6 Å². The molecule has 0 saturated carbocycles. The predicted octanol–water partition coefficient (Wildman–Crippen LogP) is 0.610. The second-order valence-corrected chi connectivity index (χ2v) is 7.80. The van der Waals surface area contributed by atoms with Crippen LogP contribution in [0.2, 0.25) is 0 Å². The number of likely N-dealkylation sites (N-methyl/N-ethyl adjacent to an activating group) is 2. The molecule has 1 aliphatic heterocycles. The normalized spacial score (nSPS) is 17.3. The van der Waals surface area contributed by atoms with Gasteiger partial charge < -0.3 is 9.80 Å². The summed E-state index contributed by atoms with van der Waals surface area (Å²) in [7, 11) is -0.440. The minimum Gasteiger partial charge on any atom is -0.340 e. The third-order valence-corrected chi connectivity index (χ3v) is 5.77. The quantitative estimate of drug-likeness (QED) is 0.804. The van der Waals surface area contributed by atoms with Gasteiger partial charge in [-0.1, -0.05) is 0 Å². The van der Waals surface area contributed by atoms with E-state index >= 15 is 0 Å². The van der Waals surface area contributed by atoms with Crippen molar-refractivity contribution in [1.29, 1.82) is 0 Å². The van der Waals surface area contributed by atoms with Crippen molar-refractivity contribution in [2.24, 2.45) is 0 Å². The summed E-state index contributed by atoms with van der Waals surface area (Å²) in [6.07, 6.45) is 0.872. The Morgan fingerprint density at radius 3 is 2.48 bits per heavy atom. The van der Waals surface area contributed by atoms with Crippen molar-refractivity contribution in [3.05, 3.63) is 30.1 Å². The lowest BCUT2D eigenvalue weighted by molar-refractivity contribution is -0.131. The number of carbonyl (C=O) groups excluding carboxylic acids is 1. The number of hydrogen-bond donors (Lipinski definition) is 0. The lowest BCUT2D eigenvalue weighted by Crippen LogP contribution is -2.42. The van der Waals surface area contributed by atoms with Gasteiger partial charge in [-0.2, -0.15) is 4.31 Å². The molecule has 23 heavy (non-hydrogen) atoms. The lowest BCUT2D eigenvalue weighted by atomic mass is 10.4. The maximum atomic E-state index is 12.9. The maximum Gasteiger partial charge on any atom is 0.243 e. The minimum atomic E-state index is -3.80. The summed E-state index contributed by atoms with van der Waals surface area (Å²) in [5.74, 6) is -0.718. The lowest BCUT2D eigenvalue weighted by Gasteiger charge is -2.24. The molecule has 1 heterocycles. The van der Waals surface area contributed by atoms with Crippen molar-refractivity contribution in [2.75, 3.05) is 46.8 Å². The van der Waals surface area contributed by atoms with Crippen LogP contribution in [0.1, 0.15) is 6.42 Å². The number of amides is 1. The molecule has 1 aromatic carbocycles. The van der Waals surface area contributed by atoms with Gasteiger partial charge in [-0.05, 0) is 44.3 Å². The van der Waals surface area contributed by atoms with E-state index in [2.05, 4.69) is 4.90 Å². The monoisotopic (exact) mass is 343 g/mol. The number of nitrogens with zero attached hydrogens (tertiary/aromatic N) is 3. The van der Waals surface area contributed by atoms with Gasteiger partial charge in [0.2, 0.25) is 15.9 Å². The highest BCUT2D eigenvalue weighted by Crippen LogP contribution is 2.15. The summed E-state index contributed by atoms with van der Waals surface area (Å²) in [4.78, 5) is 16.2. The summed E-state index contributed by atoms with van der Waals surface area (Å²) >= 11 is 0. The first-order chi connectivity index (χ1) is 10.8. The van der Waals surface area contributed by atoms with Gasteiger partial charge in [-0.3, -0.25) is 4.79 Å². The Balaban J connectivity index is 2.03. The maximum absolute atomic E-state index is 12.9. The molecule has 0 radical (unpaired) electrons. The zero-order valence-corrected chi connectivity index (χ0v) is 14.2. The van der Waals surface area contributed by atoms with E-state index in [1.807, 2.05) is 7.05 Å². The first-order valence-corrected chi connectivity index (χ1v) is 8.93. The zero-order valence-electron chi connectivity index (χ0n) is 13.4. The van der Waals surface area contributed by atoms with Crippen LogP contribution in [0.15, 0.2) is 29.2 Å². The van der Waals surface area contributed by atoms with Crippen molar-refractivity contribution in [2.45, 2.75) is 11.3 Å². The van der Waals surface area contributed by atoms with Crippen LogP contribution < -0.4 is 0 Å². The molecular weight excluding hydrogens is 321 g/mol. The first-order valence-electron chi connectivity index (χ1n) is 7.49. The molecule has 1 saturated heterocycles. The summed E-state index contributed by atoms with van der Waals surface area (Å²) < 4.78 is 38.7. The van der Waals surface area contributed by atoms with E-state index in [1.165, 1.54) is 19.2 Å². The summed E-state index contributed by atoms with van der Waals surface area (Å²) in [6.45, 7) is 2.71. The zero-order chi connectivity index (χ0) is 17.0. The fourth-order valence-corrected chi connectivity index (χ4v) is 3.58. The van der Waals surface area contributed by atoms with E-state index in [0.717, 1.165) is 35.9 Å². The number of carbonyl (C=O) groups is 1. The fraction of sp³-hybridized carbons (Fsp3) is 0.533. The van der Waals surface area contributed by atoms with Crippen molar-refractivity contribution >= 4 is 15.9 Å². The summed E-state index contributed by atoms with van der Waals surface area (Å²) in [5.41, 5.74) is 0. The SMILES string of the molecule is CN1CCCN(C(=O)CN(C)S(=O)(=O)c2ccc(F)cc2)CC1. The van der Waals surface area contributed by atoms with E-state index in [-0.39, 0.29) is 17.3 Å². The van der Waals surface area contributed by atoms with Crippen LogP contribution in [-0.4, -0.2) is 75.2 Å².